The Morgan fingerprint density at radius 3 is 2.44 bits per heavy atom. The zero-order valence-electron chi connectivity index (χ0n) is 15.8. The molecule has 1 aliphatic heterocycles. The Labute approximate surface area is 150 Å². The van der Waals surface area contributed by atoms with Crippen LogP contribution in [0.4, 0.5) is 4.79 Å². The summed E-state index contributed by atoms with van der Waals surface area (Å²) in [6, 6.07) is 0. The second-order valence-corrected chi connectivity index (χ2v) is 8.67. The molecule has 2 aliphatic rings. The summed E-state index contributed by atoms with van der Waals surface area (Å²) in [5, 5.41) is 11.7. The molecule has 2 fully saturated rings. The minimum atomic E-state index is -0.443. The van der Waals surface area contributed by atoms with Gasteiger partial charge in [-0.25, -0.2) is 9.48 Å². The quantitative estimate of drug-likeness (QED) is 0.837. The first-order valence-corrected chi connectivity index (χ1v) is 9.57. The van der Waals surface area contributed by atoms with Gasteiger partial charge in [-0.3, -0.25) is 0 Å². The lowest BCUT2D eigenvalue weighted by atomic mass is 9.63. The van der Waals surface area contributed by atoms with Crippen molar-refractivity contribution in [3.63, 3.8) is 0 Å². The third kappa shape index (κ3) is 4.50. The highest BCUT2D eigenvalue weighted by Crippen LogP contribution is 2.47. The number of likely N-dealkylation sites (tertiary alicyclic amines) is 1. The van der Waals surface area contributed by atoms with Crippen LogP contribution in [-0.2, 0) is 11.3 Å². The van der Waals surface area contributed by atoms with Gasteiger partial charge in [0.1, 0.15) is 11.9 Å². The predicted octanol–water partition coefficient (Wildman–Crippen LogP) is 3.27. The summed E-state index contributed by atoms with van der Waals surface area (Å²) in [5.41, 5.74) is -0.254. The molecule has 25 heavy (non-hydrogen) atoms. The molecule has 0 unspecified atom stereocenters. The van der Waals surface area contributed by atoms with Crippen LogP contribution < -0.4 is 0 Å². The summed E-state index contributed by atoms with van der Waals surface area (Å²) in [6.07, 6.45) is 10.1. The van der Waals surface area contributed by atoms with Gasteiger partial charge in [0.2, 0.25) is 0 Å². The predicted molar refractivity (Wildman–Crippen MR) is 93.9 cm³/mol. The molecule has 1 aromatic rings. The third-order valence-electron chi connectivity index (χ3n) is 5.75. The van der Waals surface area contributed by atoms with E-state index in [4.69, 9.17) is 4.74 Å². The number of aromatic nitrogens is 4. The summed E-state index contributed by atoms with van der Waals surface area (Å²) >= 11 is 0. The summed E-state index contributed by atoms with van der Waals surface area (Å²) in [4.78, 5) is 14.3. The van der Waals surface area contributed by atoms with E-state index in [1.54, 1.807) is 6.33 Å². The molecule has 0 spiro atoms. The van der Waals surface area contributed by atoms with Gasteiger partial charge in [0.15, 0.2) is 0 Å². The zero-order valence-corrected chi connectivity index (χ0v) is 15.8. The van der Waals surface area contributed by atoms with E-state index in [1.165, 1.54) is 32.1 Å². The molecule has 1 aliphatic carbocycles. The van der Waals surface area contributed by atoms with Crippen molar-refractivity contribution in [2.24, 2.45) is 11.3 Å². The van der Waals surface area contributed by atoms with Crippen LogP contribution in [0, 0.1) is 11.3 Å². The highest BCUT2D eigenvalue weighted by Gasteiger charge is 2.43. The number of piperidine rings is 1. The first kappa shape index (κ1) is 18.1. The van der Waals surface area contributed by atoms with Crippen molar-refractivity contribution >= 4 is 6.09 Å². The minimum absolute atomic E-state index is 0.188. The van der Waals surface area contributed by atoms with Crippen LogP contribution in [-0.4, -0.2) is 49.9 Å². The summed E-state index contributed by atoms with van der Waals surface area (Å²) in [7, 11) is 0. The zero-order chi connectivity index (χ0) is 17.9. The van der Waals surface area contributed by atoms with Gasteiger partial charge >= 0.3 is 6.09 Å². The smallest absolute Gasteiger partial charge is 0.410 e. The number of hydrogen-bond donors (Lipinski definition) is 0. The van der Waals surface area contributed by atoms with Crippen molar-refractivity contribution in [1.82, 2.24) is 25.1 Å². The van der Waals surface area contributed by atoms with Gasteiger partial charge in [0.05, 0.1) is 6.54 Å². The van der Waals surface area contributed by atoms with Crippen LogP contribution in [0.3, 0.4) is 0 Å². The first-order valence-electron chi connectivity index (χ1n) is 9.57. The molecular formula is C18H31N5O2. The molecule has 0 radical (unpaired) electrons. The molecule has 2 heterocycles. The molecule has 1 saturated carbocycles. The van der Waals surface area contributed by atoms with E-state index < -0.39 is 5.60 Å². The average Bonchev–Trinajstić information content (AvgIpc) is 3.07. The molecule has 7 heteroatoms. The van der Waals surface area contributed by atoms with E-state index in [0.717, 1.165) is 32.5 Å². The number of rotatable bonds is 3. The van der Waals surface area contributed by atoms with Gasteiger partial charge in [-0.05, 0) is 68.2 Å². The second-order valence-electron chi connectivity index (χ2n) is 8.67. The molecule has 3 rings (SSSR count). The van der Waals surface area contributed by atoms with Crippen molar-refractivity contribution in [3.05, 3.63) is 6.33 Å². The maximum Gasteiger partial charge on any atom is 0.410 e. The molecule has 0 aromatic carbocycles. The van der Waals surface area contributed by atoms with Crippen LogP contribution in [0.1, 0.15) is 65.7 Å². The van der Waals surface area contributed by atoms with Crippen molar-refractivity contribution < 1.29 is 9.53 Å². The number of nitrogens with zero attached hydrogens (tertiary/aromatic N) is 5. The van der Waals surface area contributed by atoms with Gasteiger partial charge in [0, 0.05) is 13.1 Å². The third-order valence-corrected chi connectivity index (χ3v) is 5.75. The molecular weight excluding hydrogens is 318 g/mol. The number of carbonyl (C=O) groups is 1. The van der Waals surface area contributed by atoms with Crippen molar-refractivity contribution in [2.75, 3.05) is 13.1 Å². The molecule has 140 valence electrons. The van der Waals surface area contributed by atoms with E-state index in [0.29, 0.717) is 5.92 Å². The van der Waals surface area contributed by atoms with Crippen molar-refractivity contribution in [3.8, 4) is 0 Å². The summed E-state index contributed by atoms with van der Waals surface area (Å²) < 4.78 is 7.42. The van der Waals surface area contributed by atoms with Gasteiger partial charge in [0.25, 0.3) is 0 Å². The van der Waals surface area contributed by atoms with Crippen LogP contribution >= 0.6 is 0 Å². The van der Waals surface area contributed by atoms with Crippen LogP contribution in [0.25, 0.3) is 0 Å². The first-order chi connectivity index (χ1) is 11.9. The maximum atomic E-state index is 12.4. The van der Waals surface area contributed by atoms with E-state index in [2.05, 4.69) is 15.5 Å². The minimum Gasteiger partial charge on any atom is -0.444 e. The van der Waals surface area contributed by atoms with Gasteiger partial charge in [-0.1, -0.05) is 19.3 Å². The van der Waals surface area contributed by atoms with E-state index in [9.17, 15) is 4.79 Å². The molecule has 7 nitrogen and oxygen atoms in total. The molecule has 1 aromatic heterocycles. The molecule has 1 saturated heterocycles. The highest BCUT2D eigenvalue weighted by atomic mass is 16.6. The van der Waals surface area contributed by atoms with Crippen molar-refractivity contribution in [1.29, 1.82) is 0 Å². The SMILES string of the molecule is CC(C)(C)OC(=O)N1CCC(Cn2cnnn2)(C2CCCCC2)CC1. The fourth-order valence-corrected chi connectivity index (χ4v) is 4.45. The fraction of sp³-hybridized carbons (Fsp3) is 0.889. The normalized spacial score (nSPS) is 22.0. The van der Waals surface area contributed by atoms with Gasteiger partial charge < -0.3 is 9.64 Å². The Kier molecular flexibility index (Phi) is 5.29. The van der Waals surface area contributed by atoms with Crippen LogP contribution in [0.15, 0.2) is 6.33 Å². The standard InChI is InChI=1S/C18H31N5O2/c1-17(2,3)25-16(24)22-11-9-18(10-12-22,13-23-14-19-20-21-23)15-7-5-4-6-8-15/h14-15H,4-13H2,1-3H3. The Hall–Kier alpha value is -1.66. The topological polar surface area (TPSA) is 73.1 Å². The highest BCUT2D eigenvalue weighted by molar-refractivity contribution is 5.68. The largest absolute Gasteiger partial charge is 0.444 e. The van der Waals surface area contributed by atoms with Gasteiger partial charge in [-0.2, -0.15) is 0 Å². The lowest BCUT2D eigenvalue weighted by molar-refractivity contribution is -0.0136. The maximum absolute atomic E-state index is 12.4. The number of amides is 1. The molecule has 0 bridgehead atoms. The summed E-state index contributed by atoms with van der Waals surface area (Å²) in [6.45, 7) is 8.12. The van der Waals surface area contributed by atoms with Crippen molar-refractivity contribution in [2.45, 2.75) is 77.9 Å². The van der Waals surface area contributed by atoms with E-state index in [1.807, 2.05) is 30.4 Å². The number of hydrogen-bond acceptors (Lipinski definition) is 5. The van der Waals surface area contributed by atoms with Crippen LogP contribution in [0.5, 0.6) is 0 Å². The van der Waals surface area contributed by atoms with E-state index >= 15 is 0 Å². The second kappa shape index (κ2) is 7.30. The fourth-order valence-electron chi connectivity index (χ4n) is 4.45. The molecule has 0 N–H and O–H groups in total. The van der Waals surface area contributed by atoms with E-state index in [-0.39, 0.29) is 11.5 Å². The average molecular weight is 349 g/mol. The lowest BCUT2D eigenvalue weighted by Crippen LogP contribution is -2.49. The number of ether oxygens (including phenoxy) is 1. The van der Waals surface area contributed by atoms with Gasteiger partial charge in [-0.15, -0.1) is 5.10 Å². The molecule has 0 atom stereocenters. The lowest BCUT2D eigenvalue weighted by Gasteiger charge is -2.47. The molecule has 1 amide bonds. The Morgan fingerprint density at radius 1 is 1.20 bits per heavy atom. The number of tetrazole rings is 1. The Morgan fingerprint density at radius 2 is 1.88 bits per heavy atom. The van der Waals surface area contributed by atoms with Crippen LogP contribution in [0.2, 0.25) is 0 Å². The monoisotopic (exact) mass is 349 g/mol. The summed E-state index contributed by atoms with van der Waals surface area (Å²) in [5.74, 6) is 0.700. The number of carbonyl (C=O) groups excluding carboxylic acids is 1. The Balaban J connectivity index is 1.69. The Bertz CT molecular complexity index is 553.